The van der Waals surface area contributed by atoms with E-state index >= 15 is 0 Å². The molecule has 0 aromatic carbocycles. The molecule has 0 radical (unpaired) electrons. The summed E-state index contributed by atoms with van der Waals surface area (Å²) >= 11 is 4.25. The van der Waals surface area contributed by atoms with Crippen molar-refractivity contribution in [1.82, 2.24) is 9.97 Å². The number of thiazole rings is 1. The Kier molecular flexibility index (Phi) is 1.73. The monoisotopic (exact) mass is 247 g/mol. The third-order valence-corrected chi connectivity index (χ3v) is 2.49. The topological polar surface area (TPSA) is 51.8 Å². The Morgan fingerprint density at radius 3 is 3.00 bits per heavy atom. The molecular formula is C6H3BrFN3S. The lowest BCUT2D eigenvalue weighted by molar-refractivity contribution is 0.635. The largest absolute Gasteiger partial charge is 0.375 e. The van der Waals surface area contributed by atoms with E-state index in [1.807, 2.05) is 0 Å². The molecule has 2 heterocycles. The van der Waals surface area contributed by atoms with Crippen molar-refractivity contribution in [2.45, 2.75) is 0 Å². The van der Waals surface area contributed by atoms with Crippen LogP contribution in [0.1, 0.15) is 0 Å². The molecule has 12 heavy (non-hydrogen) atoms. The van der Waals surface area contributed by atoms with Crippen molar-refractivity contribution < 1.29 is 4.39 Å². The maximum Gasteiger partial charge on any atom is 0.182 e. The molecule has 0 spiro atoms. The van der Waals surface area contributed by atoms with Gasteiger partial charge in [0.1, 0.15) is 15.0 Å². The standard InChI is InChI=1S/C6H3BrFN3S/c7-3-1-2(8)4-5(10-3)12-6(9)11-4/h1H,(H2,9,11). The molecule has 2 aromatic rings. The summed E-state index contributed by atoms with van der Waals surface area (Å²) in [5.74, 6) is -0.403. The summed E-state index contributed by atoms with van der Waals surface area (Å²) in [5.41, 5.74) is 5.63. The van der Waals surface area contributed by atoms with Crippen molar-refractivity contribution in [2.75, 3.05) is 5.73 Å². The van der Waals surface area contributed by atoms with Crippen LogP contribution in [0.25, 0.3) is 10.3 Å². The molecule has 0 fully saturated rings. The summed E-state index contributed by atoms with van der Waals surface area (Å²) in [6.45, 7) is 0. The zero-order valence-electron chi connectivity index (χ0n) is 5.71. The zero-order valence-corrected chi connectivity index (χ0v) is 8.12. The maximum atomic E-state index is 13.1. The Labute approximate surface area is 79.6 Å². The Morgan fingerprint density at radius 1 is 1.50 bits per heavy atom. The van der Waals surface area contributed by atoms with Crippen LogP contribution in [-0.4, -0.2) is 9.97 Å². The Bertz CT molecular complexity index is 442. The van der Waals surface area contributed by atoms with Crippen LogP contribution >= 0.6 is 27.3 Å². The average molecular weight is 248 g/mol. The van der Waals surface area contributed by atoms with Gasteiger partial charge in [0.05, 0.1) is 0 Å². The van der Waals surface area contributed by atoms with Gasteiger partial charge in [0.2, 0.25) is 0 Å². The van der Waals surface area contributed by atoms with Crippen LogP contribution in [0.15, 0.2) is 10.7 Å². The molecule has 6 heteroatoms. The molecule has 2 aromatic heterocycles. The fourth-order valence-corrected chi connectivity index (χ4v) is 2.08. The first-order valence-corrected chi connectivity index (χ1v) is 4.66. The third-order valence-electron chi connectivity index (χ3n) is 1.31. The second kappa shape index (κ2) is 2.63. The van der Waals surface area contributed by atoms with Gasteiger partial charge in [-0.1, -0.05) is 11.3 Å². The Hall–Kier alpha value is -0.750. The van der Waals surface area contributed by atoms with E-state index in [0.717, 1.165) is 0 Å². The number of nitrogens with zero attached hydrogens (tertiary/aromatic N) is 2. The fourth-order valence-electron chi connectivity index (χ4n) is 0.862. The molecule has 0 aliphatic carbocycles. The molecule has 0 bridgehead atoms. The van der Waals surface area contributed by atoms with Crippen LogP contribution < -0.4 is 5.73 Å². The van der Waals surface area contributed by atoms with Crippen molar-refractivity contribution in [2.24, 2.45) is 0 Å². The van der Waals surface area contributed by atoms with Gasteiger partial charge in [0.25, 0.3) is 0 Å². The molecule has 0 aliphatic heterocycles. The number of aromatic nitrogens is 2. The number of fused-ring (bicyclic) bond motifs is 1. The van der Waals surface area contributed by atoms with Gasteiger partial charge in [-0.05, 0) is 15.9 Å². The van der Waals surface area contributed by atoms with Crippen LogP contribution in [0.2, 0.25) is 0 Å². The van der Waals surface area contributed by atoms with Gasteiger partial charge in [-0.3, -0.25) is 0 Å². The zero-order chi connectivity index (χ0) is 8.72. The van der Waals surface area contributed by atoms with Gasteiger partial charge in [0.15, 0.2) is 10.9 Å². The smallest absolute Gasteiger partial charge is 0.182 e. The third kappa shape index (κ3) is 1.16. The minimum atomic E-state index is -0.403. The van der Waals surface area contributed by atoms with E-state index in [4.69, 9.17) is 5.73 Å². The number of nitrogens with two attached hydrogens (primary N) is 1. The van der Waals surface area contributed by atoms with Crippen molar-refractivity contribution >= 4 is 42.7 Å². The molecule has 3 nitrogen and oxygen atoms in total. The second-order valence-corrected chi connectivity index (χ2v) is 3.95. The number of rotatable bonds is 0. The normalized spacial score (nSPS) is 10.8. The average Bonchev–Trinajstić information content (AvgIpc) is 2.29. The van der Waals surface area contributed by atoms with Crippen LogP contribution in [0, 0.1) is 5.82 Å². The summed E-state index contributed by atoms with van der Waals surface area (Å²) in [4.78, 5) is 8.32. The SMILES string of the molecule is Nc1nc2c(F)cc(Br)nc2s1. The quantitative estimate of drug-likeness (QED) is 0.727. The molecule has 0 saturated carbocycles. The van der Waals surface area contributed by atoms with Gasteiger partial charge in [-0.2, -0.15) is 0 Å². The van der Waals surface area contributed by atoms with Crippen LogP contribution in [0.4, 0.5) is 9.52 Å². The molecular weight excluding hydrogens is 245 g/mol. The van der Waals surface area contributed by atoms with E-state index in [2.05, 4.69) is 25.9 Å². The van der Waals surface area contributed by atoms with Gasteiger partial charge >= 0.3 is 0 Å². The van der Waals surface area contributed by atoms with E-state index in [0.29, 0.717) is 14.6 Å². The van der Waals surface area contributed by atoms with E-state index < -0.39 is 5.82 Å². The summed E-state index contributed by atoms with van der Waals surface area (Å²) < 4.78 is 13.5. The molecule has 0 amide bonds. The predicted molar refractivity (Wildman–Crippen MR) is 49.5 cm³/mol. The first kappa shape index (κ1) is 7.88. The highest BCUT2D eigenvalue weighted by molar-refractivity contribution is 9.10. The lowest BCUT2D eigenvalue weighted by Crippen LogP contribution is -1.83. The number of pyridine rings is 1. The Balaban J connectivity index is 2.88. The molecule has 2 N–H and O–H groups in total. The van der Waals surface area contributed by atoms with Crippen LogP contribution in [-0.2, 0) is 0 Å². The van der Waals surface area contributed by atoms with Gasteiger partial charge < -0.3 is 5.73 Å². The van der Waals surface area contributed by atoms with Crippen molar-refractivity contribution in [3.05, 3.63) is 16.5 Å². The first-order chi connectivity index (χ1) is 5.66. The summed E-state index contributed by atoms with van der Waals surface area (Å²) in [6.07, 6.45) is 0. The lowest BCUT2D eigenvalue weighted by Gasteiger charge is -1.90. The van der Waals surface area contributed by atoms with E-state index in [1.54, 1.807) is 0 Å². The lowest BCUT2D eigenvalue weighted by atomic mass is 10.4. The minimum Gasteiger partial charge on any atom is -0.375 e. The molecule has 62 valence electrons. The molecule has 0 saturated heterocycles. The van der Waals surface area contributed by atoms with Crippen molar-refractivity contribution in [3.63, 3.8) is 0 Å². The highest BCUT2D eigenvalue weighted by Gasteiger charge is 2.08. The highest BCUT2D eigenvalue weighted by Crippen LogP contribution is 2.25. The number of hydrogen-bond donors (Lipinski definition) is 1. The summed E-state index contributed by atoms with van der Waals surface area (Å²) in [5, 5.41) is 0.328. The Morgan fingerprint density at radius 2 is 2.25 bits per heavy atom. The van der Waals surface area contributed by atoms with Gasteiger partial charge in [0, 0.05) is 6.07 Å². The predicted octanol–water partition coefficient (Wildman–Crippen LogP) is 2.18. The first-order valence-electron chi connectivity index (χ1n) is 3.05. The molecule has 0 atom stereocenters. The molecule has 0 unspecified atom stereocenters. The van der Waals surface area contributed by atoms with Gasteiger partial charge in [-0.15, -0.1) is 0 Å². The number of halogens is 2. The minimum absolute atomic E-state index is 0.237. The van der Waals surface area contributed by atoms with Crippen molar-refractivity contribution in [3.8, 4) is 0 Å². The van der Waals surface area contributed by atoms with Crippen LogP contribution in [0.5, 0.6) is 0 Å². The van der Waals surface area contributed by atoms with Gasteiger partial charge in [-0.25, -0.2) is 14.4 Å². The number of hydrogen-bond acceptors (Lipinski definition) is 4. The summed E-state index contributed by atoms with van der Waals surface area (Å²) in [7, 11) is 0. The number of nitrogen functional groups attached to an aromatic ring is 1. The van der Waals surface area contributed by atoms with E-state index in [1.165, 1.54) is 17.4 Å². The second-order valence-electron chi connectivity index (χ2n) is 2.13. The maximum absolute atomic E-state index is 13.1. The summed E-state index contributed by atoms with van der Waals surface area (Å²) in [6, 6.07) is 1.27. The van der Waals surface area contributed by atoms with E-state index in [9.17, 15) is 4.39 Å². The molecule has 2 rings (SSSR count). The van der Waals surface area contributed by atoms with Crippen LogP contribution in [0.3, 0.4) is 0 Å². The van der Waals surface area contributed by atoms with Crippen molar-refractivity contribution in [1.29, 1.82) is 0 Å². The highest BCUT2D eigenvalue weighted by atomic mass is 79.9. The van der Waals surface area contributed by atoms with E-state index in [-0.39, 0.29) is 5.52 Å². The fraction of sp³-hybridized carbons (Fsp3) is 0. The number of anilines is 1. The molecule has 0 aliphatic rings.